The highest BCUT2D eigenvalue weighted by Gasteiger charge is 2.50. The van der Waals surface area contributed by atoms with Gasteiger partial charge in [-0.05, 0) is 66.0 Å². The Labute approximate surface area is 158 Å². The molecule has 0 aromatic heterocycles. The molecule has 28 heavy (non-hydrogen) atoms. The number of nitrogens with zero attached hydrogens (tertiary/aromatic N) is 1. The van der Waals surface area contributed by atoms with E-state index in [9.17, 15) is 31.7 Å². The Morgan fingerprint density at radius 3 is 2.18 bits per heavy atom. The van der Waals surface area contributed by atoms with Crippen molar-refractivity contribution >= 4 is 15.8 Å². The highest BCUT2D eigenvalue weighted by molar-refractivity contribution is 7.88. The number of nitro benzene ring substituents is 1. The molecule has 2 aliphatic carbocycles. The van der Waals surface area contributed by atoms with Crippen LogP contribution in [0, 0.1) is 10.1 Å². The highest BCUT2D eigenvalue weighted by atomic mass is 32.2. The Bertz CT molecular complexity index is 1060. The average molecular weight is 413 g/mol. The second-order valence-electron chi connectivity index (χ2n) is 6.93. The maximum Gasteiger partial charge on any atom is 0.534 e. The Morgan fingerprint density at radius 2 is 1.61 bits per heavy atom. The van der Waals surface area contributed by atoms with E-state index in [2.05, 4.69) is 4.18 Å². The topological polar surface area (TPSA) is 86.5 Å². The lowest BCUT2D eigenvalue weighted by Crippen LogP contribution is -2.28. The van der Waals surface area contributed by atoms with Crippen LogP contribution in [0.25, 0.3) is 11.1 Å². The van der Waals surface area contributed by atoms with Crippen molar-refractivity contribution in [2.24, 2.45) is 0 Å². The molecule has 0 radical (unpaired) electrons. The van der Waals surface area contributed by atoms with Crippen LogP contribution in [0.1, 0.15) is 42.2 Å². The van der Waals surface area contributed by atoms with Gasteiger partial charge in [0.05, 0.1) is 4.92 Å². The summed E-state index contributed by atoms with van der Waals surface area (Å²) < 4.78 is 65.6. The average Bonchev–Trinajstić information content (AvgIpc) is 3.23. The molecule has 0 spiro atoms. The van der Waals surface area contributed by atoms with Crippen LogP contribution < -0.4 is 4.18 Å². The number of alkyl halides is 3. The van der Waals surface area contributed by atoms with Crippen molar-refractivity contribution in [3.05, 3.63) is 57.6 Å². The zero-order valence-electron chi connectivity index (χ0n) is 14.3. The van der Waals surface area contributed by atoms with Gasteiger partial charge in [0.25, 0.3) is 5.69 Å². The van der Waals surface area contributed by atoms with Gasteiger partial charge in [-0.25, -0.2) is 0 Å². The third-order valence-electron chi connectivity index (χ3n) is 5.37. The highest BCUT2D eigenvalue weighted by Crippen LogP contribution is 2.58. The predicted octanol–water partition coefficient (Wildman–Crippen LogP) is 4.85. The van der Waals surface area contributed by atoms with Crippen molar-refractivity contribution in [2.45, 2.75) is 36.6 Å². The molecule has 1 fully saturated rings. The number of halogens is 3. The zero-order chi connectivity index (χ0) is 20.3. The maximum absolute atomic E-state index is 12.7. The van der Waals surface area contributed by atoms with E-state index in [1.54, 1.807) is 12.1 Å². The van der Waals surface area contributed by atoms with Gasteiger partial charge in [0.2, 0.25) is 0 Å². The minimum absolute atomic E-state index is 0.0589. The second kappa shape index (κ2) is 6.20. The molecule has 10 heteroatoms. The molecule has 2 aromatic carbocycles. The molecule has 4 rings (SSSR count). The third-order valence-corrected chi connectivity index (χ3v) is 6.33. The van der Waals surface area contributed by atoms with Crippen LogP contribution in [-0.2, 0) is 10.1 Å². The number of hydrogen-bond acceptors (Lipinski definition) is 5. The first-order chi connectivity index (χ1) is 13.1. The van der Waals surface area contributed by atoms with Crippen LogP contribution in [0.4, 0.5) is 18.9 Å². The largest absolute Gasteiger partial charge is 0.534 e. The molecule has 0 saturated heterocycles. The van der Waals surface area contributed by atoms with Crippen LogP contribution in [0.2, 0.25) is 0 Å². The second-order valence-corrected chi connectivity index (χ2v) is 8.47. The fourth-order valence-corrected chi connectivity index (χ4v) is 4.71. The van der Waals surface area contributed by atoms with Gasteiger partial charge in [-0.1, -0.05) is 6.07 Å². The summed E-state index contributed by atoms with van der Waals surface area (Å²) in [6.45, 7) is 0. The Hall–Kier alpha value is -2.62. The van der Waals surface area contributed by atoms with Crippen molar-refractivity contribution < 1.29 is 30.7 Å². The minimum Gasteiger partial charge on any atom is -0.376 e. The fraction of sp³-hybridized carbons (Fsp3) is 0.333. The molecule has 0 heterocycles. The van der Waals surface area contributed by atoms with E-state index in [-0.39, 0.29) is 23.3 Å². The smallest absolute Gasteiger partial charge is 0.376 e. The van der Waals surface area contributed by atoms with Gasteiger partial charge in [-0.15, -0.1) is 0 Å². The van der Waals surface area contributed by atoms with Gasteiger partial charge in [0.1, 0.15) is 5.75 Å². The van der Waals surface area contributed by atoms with E-state index in [0.717, 1.165) is 30.4 Å². The van der Waals surface area contributed by atoms with Crippen molar-refractivity contribution in [1.82, 2.24) is 0 Å². The molecule has 2 atom stereocenters. The first kappa shape index (κ1) is 18.7. The SMILES string of the molecule is O=[N+]([O-])c1ccc(-c2ccc(OS(=O)(=O)C(F)(F)F)c3c2C2CCC3C2)cc1. The molecule has 148 valence electrons. The number of hydrogen-bond donors (Lipinski definition) is 0. The maximum atomic E-state index is 12.7. The van der Waals surface area contributed by atoms with Crippen LogP contribution in [0.15, 0.2) is 36.4 Å². The van der Waals surface area contributed by atoms with E-state index in [1.165, 1.54) is 24.3 Å². The first-order valence-corrected chi connectivity index (χ1v) is 9.91. The quantitative estimate of drug-likeness (QED) is 0.309. The van der Waals surface area contributed by atoms with Crippen molar-refractivity contribution in [3.8, 4) is 16.9 Å². The lowest BCUT2D eigenvalue weighted by Gasteiger charge is -2.22. The van der Waals surface area contributed by atoms with Crippen molar-refractivity contribution in [1.29, 1.82) is 0 Å². The van der Waals surface area contributed by atoms with Gasteiger partial charge in [-0.3, -0.25) is 10.1 Å². The summed E-state index contributed by atoms with van der Waals surface area (Å²) >= 11 is 0. The summed E-state index contributed by atoms with van der Waals surface area (Å²) in [4.78, 5) is 10.3. The van der Waals surface area contributed by atoms with E-state index in [1.807, 2.05) is 0 Å². The summed E-state index contributed by atoms with van der Waals surface area (Å²) in [5, 5.41) is 10.8. The summed E-state index contributed by atoms with van der Waals surface area (Å²) in [5.41, 5.74) is -2.89. The summed E-state index contributed by atoms with van der Waals surface area (Å²) in [7, 11) is -5.76. The van der Waals surface area contributed by atoms with Gasteiger partial charge >= 0.3 is 15.6 Å². The normalized spacial score (nSPS) is 20.8. The van der Waals surface area contributed by atoms with E-state index >= 15 is 0 Å². The Balaban J connectivity index is 1.81. The molecule has 2 aliphatic rings. The molecule has 2 bridgehead atoms. The third kappa shape index (κ3) is 2.92. The van der Waals surface area contributed by atoms with Crippen LogP contribution in [0.3, 0.4) is 0 Å². The fourth-order valence-electron chi connectivity index (χ4n) is 4.24. The van der Waals surface area contributed by atoms with Crippen LogP contribution >= 0.6 is 0 Å². The van der Waals surface area contributed by atoms with Gasteiger partial charge in [0, 0.05) is 17.7 Å². The van der Waals surface area contributed by atoms with Gasteiger partial charge < -0.3 is 4.18 Å². The summed E-state index contributed by atoms with van der Waals surface area (Å²) in [6.07, 6.45) is 2.33. The Morgan fingerprint density at radius 1 is 1.00 bits per heavy atom. The molecule has 0 N–H and O–H groups in total. The van der Waals surface area contributed by atoms with Gasteiger partial charge in [0.15, 0.2) is 0 Å². The summed E-state index contributed by atoms with van der Waals surface area (Å²) in [5.74, 6) is -0.246. The minimum atomic E-state index is -5.76. The van der Waals surface area contributed by atoms with E-state index in [0.29, 0.717) is 11.1 Å². The van der Waals surface area contributed by atoms with Crippen molar-refractivity contribution in [2.75, 3.05) is 0 Å². The molecule has 2 aromatic rings. The number of nitro groups is 1. The Kier molecular flexibility index (Phi) is 4.14. The van der Waals surface area contributed by atoms with E-state index in [4.69, 9.17) is 0 Å². The molecule has 6 nitrogen and oxygen atoms in total. The first-order valence-electron chi connectivity index (χ1n) is 8.51. The number of fused-ring (bicyclic) bond motifs is 5. The monoisotopic (exact) mass is 413 g/mol. The summed E-state index contributed by atoms with van der Waals surface area (Å²) in [6, 6.07) is 8.61. The number of non-ortho nitro benzene ring substituents is 1. The van der Waals surface area contributed by atoms with Crippen LogP contribution in [0.5, 0.6) is 5.75 Å². The lowest BCUT2D eigenvalue weighted by molar-refractivity contribution is -0.384. The molecule has 0 aliphatic heterocycles. The van der Waals surface area contributed by atoms with E-state index < -0.39 is 20.5 Å². The predicted molar refractivity (Wildman–Crippen MR) is 93.5 cm³/mol. The molecule has 1 saturated carbocycles. The molecular formula is C18H14F3NO5S. The molecular weight excluding hydrogens is 399 g/mol. The molecule has 0 amide bonds. The number of rotatable bonds is 4. The lowest BCUT2D eigenvalue weighted by atomic mass is 9.85. The zero-order valence-corrected chi connectivity index (χ0v) is 15.1. The number of benzene rings is 2. The van der Waals surface area contributed by atoms with Crippen molar-refractivity contribution in [3.63, 3.8) is 0 Å². The standard InChI is InChI=1S/C18H14F3NO5S/c19-18(20,21)28(25,26)27-15-8-7-14(10-3-5-13(6-4-10)22(23)24)16-11-1-2-12(9-11)17(15)16/h3-8,11-12H,1-2,9H2. The van der Waals surface area contributed by atoms with Crippen LogP contribution in [-0.4, -0.2) is 18.8 Å². The molecule has 2 unspecified atom stereocenters. The van der Waals surface area contributed by atoms with Gasteiger partial charge in [-0.2, -0.15) is 21.6 Å².